The van der Waals surface area contributed by atoms with E-state index in [2.05, 4.69) is 9.89 Å². The van der Waals surface area contributed by atoms with Gasteiger partial charge in [0.25, 0.3) is 0 Å². The fourth-order valence-corrected chi connectivity index (χ4v) is 1.26. The van der Waals surface area contributed by atoms with Crippen molar-refractivity contribution < 1.29 is 10.1 Å². The van der Waals surface area contributed by atoms with Gasteiger partial charge in [0.05, 0.1) is 0 Å². The zero-order valence-corrected chi connectivity index (χ0v) is 10.2. The molecule has 0 aromatic heterocycles. The Balaban J connectivity index is 0. The minimum absolute atomic E-state index is 0. The fourth-order valence-electron chi connectivity index (χ4n) is 0.778. The molecule has 0 amide bonds. The first-order chi connectivity index (χ1) is 5.66. The topological polar surface area (TPSA) is 37.4 Å². The number of aliphatic hydroxyl groups excluding tert-OH is 1. The van der Waals surface area contributed by atoms with Crippen molar-refractivity contribution >= 4 is 29.4 Å². The summed E-state index contributed by atoms with van der Waals surface area (Å²) < 4.78 is 0. The van der Waals surface area contributed by atoms with Crippen molar-refractivity contribution in [2.45, 2.75) is 13.3 Å². The lowest BCUT2D eigenvalue weighted by atomic mass is 10.4. The second-order valence-corrected chi connectivity index (χ2v) is 4.07. The van der Waals surface area contributed by atoms with Gasteiger partial charge in [-0.1, -0.05) is 6.92 Å². The first-order valence-electron chi connectivity index (χ1n) is 4.24. The van der Waals surface area contributed by atoms with E-state index in [0.717, 1.165) is 25.3 Å². The van der Waals surface area contributed by atoms with Gasteiger partial charge in [-0.15, -0.1) is 12.4 Å². The molecule has 5 heteroatoms. The summed E-state index contributed by atoms with van der Waals surface area (Å²) >= 11 is 1.44. The maximum atomic E-state index is 9.17. The largest absolute Gasteiger partial charge is 0.455 e. The van der Waals surface area contributed by atoms with Crippen molar-refractivity contribution in [2.24, 2.45) is 0 Å². The average Bonchev–Trinajstić information content (AvgIpc) is 1.98. The van der Waals surface area contributed by atoms with E-state index in [4.69, 9.17) is 5.11 Å². The van der Waals surface area contributed by atoms with Crippen molar-refractivity contribution in [3.05, 3.63) is 0 Å². The average molecular weight is 228 g/mol. The van der Waals surface area contributed by atoms with Gasteiger partial charge in [0.2, 0.25) is 0 Å². The monoisotopic (exact) mass is 227 g/mol. The predicted octanol–water partition coefficient (Wildman–Crippen LogP) is 0.108. The van der Waals surface area contributed by atoms with Gasteiger partial charge in [-0.05, 0) is 25.9 Å². The van der Waals surface area contributed by atoms with Crippen LogP contribution in [-0.4, -0.2) is 48.2 Å². The predicted molar refractivity (Wildman–Crippen MR) is 62.0 cm³/mol. The maximum absolute atomic E-state index is 9.17. The fraction of sp³-hybridized carbons (Fsp3) is 0.875. The van der Waals surface area contributed by atoms with Gasteiger partial charge in [-0.25, -0.2) is 4.99 Å². The normalized spacial score (nSPS) is 11.5. The highest BCUT2D eigenvalue weighted by atomic mass is 35.5. The van der Waals surface area contributed by atoms with E-state index in [1.807, 2.05) is 21.0 Å². The molecule has 0 rings (SSSR count). The van der Waals surface area contributed by atoms with Crippen LogP contribution in [0, 0.1) is 0 Å². The number of thioether (sulfide) groups is 1. The van der Waals surface area contributed by atoms with Crippen molar-refractivity contribution in [2.75, 3.05) is 32.9 Å². The molecule has 0 saturated heterocycles. The third kappa shape index (κ3) is 12.1. The molecule has 3 nitrogen and oxygen atoms in total. The summed E-state index contributed by atoms with van der Waals surface area (Å²) in [7, 11) is 4.09. The van der Waals surface area contributed by atoms with Crippen LogP contribution in [0.15, 0.2) is 0 Å². The Kier molecular flexibility index (Phi) is 12.1. The highest BCUT2D eigenvalue weighted by Crippen LogP contribution is 1.92. The number of nitrogens with one attached hydrogen (secondary N) is 1. The number of hydrogen-bond acceptors (Lipinski definition) is 2. The van der Waals surface area contributed by atoms with Crippen LogP contribution < -0.4 is 4.99 Å². The first-order valence-corrected chi connectivity index (χ1v) is 5.22. The molecule has 13 heavy (non-hydrogen) atoms. The van der Waals surface area contributed by atoms with E-state index in [0.29, 0.717) is 5.23 Å². The molecule has 0 radical (unpaired) electrons. The van der Waals surface area contributed by atoms with Crippen LogP contribution in [0.5, 0.6) is 0 Å². The van der Waals surface area contributed by atoms with Crippen LogP contribution in [0.25, 0.3) is 0 Å². The number of rotatable bonds is 5. The minimum atomic E-state index is 0. The van der Waals surface area contributed by atoms with Crippen LogP contribution >= 0.6 is 24.2 Å². The smallest absolute Gasteiger partial charge is 0.396 e. The molecule has 80 valence electrons. The van der Waals surface area contributed by atoms with E-state index >= 15 is 0 Å². The van der Waals surface area contributed by atoms with Gasteiger partial charge in [0.15, 0.2) is 0 Å². The number of nitrogens with zero attached hydrogens (tertiary/aromatic N) is 1. The van der Waals surface area contributed by atoms with E-state index < -0.39 is 0 Å². The Morgan fingerprint density at radius 3 is 2.54 bits per heavy atom. The van der Waals surface area contributed by atoms with E-state index in [-0.39, 0.29) is 12.4 Å². The van der Waals surface area contributed by atoms with Gasteiger partial charge < -0.3 is 10.0 Å². The highest BCUT2D eigenvalue weighted by Gasteiger charge is 1.99. The van der Waals surface area contributed by atoms with Crippen molar-refractivity contribution in [1.82, 2.24) is 4.90 Å². The molecule has 0 aliphatic rings. The minimum Gasteiger partial charge on any atom is -0.455 e. The molecule has 0 aromatic rings. The molecular weight excluding hydrogens is 208 g/mol. The molecule has 0 fully saturated rings. The van der Waals surface area contributed by atoms with Crippen molar-refractivity contribution in [1.29, 1.82) is 0 Å². The third-order valence-corrected chi connectivity index (χ3v) is 2.05. The molecule has 0 aromatic carbocycles. The van der Waals surface area contributed by atoms with Crippen molar-refractivity contribution in [3.63, 3.8) is 0 Å². The summed E-state index contributed by atoms with van der Waals surface area (Å²) in [5.41, 5.74) is 0. The molecule has 0 unspecified atom stereocenters. The molecular formula is C8H20ClN2OS+. The Morgan fingerprint density at radius 2 is 2.08 bits per heavy atom. The quantitative estimate of drug-likeness (QED) is 0.398. The van der Waals surface area contributed by atoms with Crippen molar-refractivity contribution in [3.8, 4) is 0 Å². The maximum Gasteiger partial charge on any atom is 0.396 e. The molecule has 0 aliphatic heterocycles. The highest BCUT2D eigenvalue weighted by molar-refractivity contribution is 8.13. The van der Waals surface area contributed by atoms with Crippen LogP contribution in [0.2, 0.25) is 0 Å². The number of aliphatic hydroxyl groups is 1. The number of halogens is 1. The Labute approximate surface area is 91.0 Å². The van der Waals surface area contributed by atoms with Gasteiger partial charge in [0, 0.05) is 18.7 Å². The molecule has 0 bridgehead atoms. The summed E-state index contributed by atoms with van der Waals surface area (Å²) in [6.07, 6.45) is 1.06. The standard InChI is InChI=1S/C8H18N2OS.ClH/c1-4-12-8(11)9-6-5-7-10(2)3;/h4-7H2,1-3H3,(H,9,11);1H/p+1. The van der Waals surface area contributed by atoms with Gasteiger partial charge in [-0.2, -0.15) is 0 Å². The lowest BCUT2D eigenvalue weighted by Gasteiger charge is -2.05. The number of hydrogen-bond donors (Lipinski definition) is 2. The van der Waals surface area contributed by atoms with Crippen LogP contribution in [0.1, 0.15) is 13.3 Å². The Morgan fingerprint density at radius 1 is 1.46 bits per heavy atom. The molecule has 0 atom stereocenters. The summed E-state index contributed by atoms with van der Waals surface area (Å²) in [5.74, 6) is 0.909. The molecule has 0 spiro atoms. The van der Waals surface area contributed by atoms with Crippen LogP contribution in [-0.2, 0) is 0 Å². The van der Waals surface area contributed by atoms with Crippen LogP contribution in [0.4, 0.5) is 0 Å². The Bertz CT molecular complexity index is 142. The summed E-state index contributed by atoms with van der Waals surface area (Å²) in [5, 5.41) is 9.51. The van der Waals surface area contributed by atoms with E-state index in [1.54, 1.807) is 0 Å². The summed E-state index contributed by atoms with van der Waals surface area (Å²) in [6.45, 7) is 3.91. The first kappa shape index (κ1) is 15.5. The second kappa shape index (κ2) is 10.2. The lowest BCUT2D eigenvalue weighted by Crippen LogP contribution is -2.72. The lowest BCUT2D eigenvalue weighted by molar-refractivity contribution is -0.463. The van der Waals surface area contributed by atoms with Gasteiger partial charge in [-0.3, -0.25) is 0 Å². The molecule has 0 aliphatic carbocycles. The zero-order valence-electron chi connectivity index (χ0n) is 8.54. The summed E-state index contributed by atoms with van der Waals surface area (Å²) in [6, 6.07) is 0. The SMILES string of the molecule is CCSC(O)=[NH+]CCCN(C)C.Cl. The zero-order chi connectivity index (χ0) is 9.40. The molecule has 0 saturated carbocycles. The van der Waals surface area contributed by atoms with E-state index in [9.17, 15) is 0 Å². The van der Waals surface area contributed by atoms with Crippen LogP contribution in [0.3, 0.4) is 0 Å². The van der Waals surface area contributed by atoms with Gasteiger partial charge >= 0.3 is 5.23 Å². The van der Waals surface area contributed by atoms with Gasteiger partial charge in [0.1, 0.15) is 6.54 Å². The molecule has 0 heterocycles. The molecule has 2 N–H and O–H groups in total. The summed E-state index contributed by atoms with van der Waals surface area (Å²) in [4.78, 5) is 5.08. The third-order valence-electron chi connectivity index (χ3n) is 1.34. The van der Waals surface area contributed by atoms with E-state index in [1.165, 1.54) is 11.8 Å². The Hall–Kier alpha value is 0.0700. The second-order valence-electron chi connectivity index (χ2n) is 2.82.